The first-order valence-electron chi connectivity index (χ1n) is 11.1. The SMILES string of the molecule is CCCCCCCCCCCCCCCCCCCP(C)(C)(C)O. The summed E-state index contributed by atoms with van der Waals surface area (Å²) < 4.78 is 0. The average molecular weight is 361 g/mol. The van der Waals surface area contributed by atoms with Crippen molar-refractivity contribution in [3.8, 4) is 0 Å². The van der Waals surface area contributed by atoms with E-state index in [1.807, 2.05) is 0 Å². The molecule has 0 aromatic heterocycles. The molecule has 0 heterocycles. The number of hydrogen-bond donors (Lipinski definition) is 1. The van der Waals surface area contributed by atoms with Crippen LogP contribution in [0.15, 0.2) is 0 Å². The standard InChI is InChI=1S/C22H49OP/c1-5-6-7-8-9-10-11-12-13-14-15-16-17-18-19-20-21-22-24(2,3,4)23/h23H,5-22H2,1-4H3. The van der Waals surface area contributed by atoms with Crippen molar-refractivity contribution in [3.63, 3.8) is 0 Å². The topological polar surface area (TPSA) is 20.2 Å². The molecule has 0 aromatic rings. The van der Waals surface area contributed by atoms with Gasteiger partial charge in [-0.2, -0.15) is 0 Å². The van der Waals surface area contributed by atoms with Crippen LogP contribution in [0.2, 0.25) is 0 Å². The van der Waals surface area contributed by atoms with E-state index in [-0.39, 0.29) is 0 Å². The second-order valence-corrected chi connectivity index (χ2v) is 15.9. The van der Waals surface area contributed by atoms with Crippen LogP contribution in [-0.4, -0.2) is 31.0 Å². The van der Waals surface area contributed by atoms with Crippen LogP contribution in [0, 0.1) is 0 Å². The van der Waals surface area contributed by atoms with E-state index < -0.39 is 6.83 Å². The maximum absolute atomic E-state index is 10.2. The van der Waals surface area contributed by atoms with Crippen LogP contribution in [0.1, 0.15) is 116 Å². The summed E-state index contributed by atoms with van der Waals surface area (Å²) >= 11 is 0. The third kappa shape index (κ3) is 22.4. The molecule has 0 aliphatic carbocycles. The molecule has 0 aliphatic heterocycles. The van der Waals surface area contributed by atoms with Gasteiger partial charge in [0, 0.05) is 0 Å². The van der Waals surface area contributed by atoms with Crippen molar-refractivity contribution in [1.29, 1.82) is 0 Å². The van der Waals surface area contributed by atoms with Crippen molar-refractivity contribution in [1.82, 2.24) is 0 Å². The zero-order valence-corrected chi connectivity index (χ0v) is 18.5. The molecule has 2 heteroatoms. The van der Waals surface area contributed by atoms with Crippen LogP contribution in [0.5, 0.6) is 0 Å². The molecule has 24 heavy (non-hydrogen) atoms. The second kappa shape index (κ2) is 14.5. The van der Waals surface area contributed by atoms with Gasteiger partial charge in [0.1, 0.15) is 0 Å². The van der Waals surface area contributed by atoms with Gasteiger partial charge in [0.25, 0.3) is 0 Å². The zero-order valence-electron chi connectivity index (χ0n) is 17.6. The van der Waals surface area contributed by atoms with Gasteiger partial charge >= 0.3 is 109 Å². The Morgan fingerprint density at radius 3 is 0.958 bits per heavy atom. The maximum atomic E-state index is 10.2. The molecule has 0 atom stereocenters. The van der Waals surface area contributed by atoms with Crippen molar-refractivity contribution in [2.45, 2.75) is 116 Å². The predicted octanol–water partition coefficient (Wildman–Crippen LogP) is 7.99. The van der Waals surface area contributed by atoms with Gasteiger partial charge in [-0.25, -0.2) is 0 Å². The van der Waals surface area contributed by atoms with E-state index in [4.69, 9.17) is 0 Å². The van der Waals surface area contributed by atoms with Crippen molar-refractivity contribution >= 4 is 6.83 Å². The average Bonchev–Trinajstić information content (AvgIpc) is 2.48. The van der Waals surface area contributed by atoms with E-state index in [0.29, 0.717) is 0 Å². The Hall–Kier alpha value is 0.390. The third-order valence-corrected chi connectivity index (χ3v) is 6.89. The summed E-state index contributed by atoms with van der Waals surface area (Å²) in [5.41, 5.74) is 0. The Kier molecular flexibility index (Phi) is 14.8. The van der Waals surface area contributed by atoms with Gasteiger partial charge in [-0.15, -0.1) is 0 Å². The van der Waals surface area contributed by atoms with Gasteiger partial charge in [-0.3, -0.25) is 0 Å². The summed E-state index contributed by atoms with van der Waals surface area (Å²) in [5.74, 6) is 0. The van der Waals surface area contributed by atoms with E-state index in [2.05, 4.69) is 26.9 Å². The Morgan fingerprint density at radius 1 is 0.458 bits per heavy atom. The van der Waals surface area contributed by atoms with E-state index in [1.54, 1.807) is 0 Å². The summed E-state index contributed by atoms with van der Waals surface area (Å²) in [6.07, 6.45) is 25.1. The molecule has 0 spiro atoms. The summed E-state index contributed by atoms with van der Waals surface area (Å²) in [5, 5.41) is 0. The molecule has 0 fully saturated rings. The monoisotopic (exact) mass is 360 g/mol. The van der Waals surface area contributed by atoms with Gasteiger partial charge in [-0.1, -0.05) is 45.4 Å². The predicted molar refractivity (Wildman–Crippen MR) is 116 cm³/mol. The van der Waals surface area contributed by atoms with Crippen molar-refractivity contribution < 1.29 is 4.89 Å². The normalized spacial score (nSPS) is 13.8. The second-order valence-electron chi connectivity index (χ2n) is 9.41. The van der Waals surface area contributed by atoms with E-state index >= 15 is 0 Å². The number of hydrogen-bond acceptors (Lipinski definition) is 1. The van der Waals surface area contributed by atoms with Crippen molar-refractivity contribution in [2.24, 2.45) is 0 Å². The number of rotatable bonds is 18. The fraction of sp³-hybridized carbons (Fsp3) is 1.00. The van der Waals surface area contributed by atoms with Gasteiger partial charge < -0.3 is 0 Å². The fourth-order valence-corrected chi connectivity index (χ4v) is 4.70. The molecule has 0 aromatic carbocycles. The Morgan fingerprint density at radius 2 is 0.708 bits per heavy atom. The first kappa shape index (κ1) is 24.4. The first-order chi connectivity index (χ1) is 11.3. The molecule has 1 N–H and O–H groups in total. The van der Waals surface area contributed by atoms with Gasteiger partial charge in [0.05, 0.1) is 0 Å². The Labute approximate surface area is 154 Å². The molecule has 0 rings (SSSR count). The van der Waals surface area contributed by atoms with Gasteiger partial charge in [0.15, 0.2) is 0 Å². The molecule has 0 radical (unpaired) electrons. The molecule has 0 saturated heterocycles. The van der Waals surface area contributed by atoms with Crippen LogP contribution < -0.4 is 0 Å². The fourth-order valence-electron chi connectivity index (χ4n) is 3.38. The minimum absolute atomic E-state index is 1.05. The summed E-state index contributed by atoms with van der Waals surface area (Å²) in [6, 6.07) is 0. The zero-order chi connectivity index (χ0) is 18.2. The minimum atomic E-state index is -2.22. The van der Waals surface area contributed by atoms with Crippen LogP contribution in [0.25, 0.3) is 0 Å². The van der Waals surface area contributed by atoms with Crippen LogP contribution in [-0.2, 0) is 0 Å². The van der Waals surface area contributed by atoms with Crippen LogP contribution in [0.3, 0.4) is 0 Å². The summed E-state index contributed by atoms with van der Waals surface area (Å²) in [6.45, 7) is 6.27. The summed E-state index contributed by atoms with van der Waals surface area (Å²) in [7, 11) is 0. The molecule has 0 bridgehead atoms. The van der Waals surface area contributed by atoms with E-state index in [1.165, 1.54) is 109 Å². The molecular weight excluding hydrogens is 311 g/mol. The van der Waals surface area contributed by atoms with Crippen LogP contribution in [0.4, 0.5) is 0 Å². The molecule has 0 unspecified atom stereocenters. The molecule has 0 aliphatic rings. The van der Waals surface area contributed by atoms with Gasteiger partial charge in [-0.05, 0) is 0 Å². The third-order valence-electron chi connectivity index (χ3n) is 5.03. The Balaban J connectivity index is 3.08. The van der Waals surface area contributed by atoms with Crippen LogP contribution >= 0.6 is 6.83 Å². The summed E-state index contributed by atoms with van der Waals surface area (Å²) in [4.78, 5) is 10.2. The van der Waals surface area contributed by atoms with Gasteiger partial charge in [0.2, 0.25) is 0 Å². The molecule has 0 amide bonds. The van der Waals surface area contributed by atoms with Crippen molar-refractivity contribution in [3.05, 3.63) is 0 Å². The number of unbranched alkanes of at least 4 members (excludes halogenated alkanes) is 16. The Bertz CT molecular complexity index is 258. The van der Waals surface area contributed by atoms with E-state index in [9.17, 15) is 4.89 Å². The molecule has 0 saturated carbocycles. The molecule has 148 valence electrons. The van der Waals surface area contributed by atoms with Crippen molar-refractivity contribution in [2.75, 3.05) is 26.2 Å². The quantitative estimate of drug-likeness (QED) is 0.194. The first-order valence-corrected chi connectivity index (χ1v) is 14.8. The molecule has 1 nitrogen and oxygen atoms in total. The van der Waals surface area contributed by atoms with E-state index in [0.717, 1.165) is 6.16 Å². The molecular formula is C22H49OP.